The molecular weight excluding hydrogens is 387 g/mol. The maximum absolute atomic E-state index is 13.9. The summed E-state index contributed by atoms with van der Waals surface area (Å²) < 4.78 is 82.1. The largest absolute Gasteiger partial charge is 0.647 e. The standard InChI is InChI=1S/C18H11F4O4P/c19-14-11-15(17(21)18(22)16(14)20)26-27(23,24-12-7-3-1-4-8-12)25-13-9-5-2-6-10-13/h1-11H. The minimum atomic E-state index is -4.66. The van der Waals surface area contributed by atoms with E-state index in [2.05, 4.69) is 0 Å². The number of rotatable bonds is 6. The number of halogens is 4. The molecule has 3 rings (SSSR count). The van der Waals surface area contributed by atoms with Gasteiger partial charge in [-0.15, -0.1) is 0 Å². The maximum atomic E-state index is 13.9. The molecule has 0 N–H and O–H groups in total. The van der Waals surface area contributed by atoms with Crippen molar-refractivity contribution >= 4 is 7.82 Å². The lowest BCUT2D eigenvalue weighted by atomic mass is 10.3. The molecule has 3 aromatic carbocycles. The van der Waals surface area contributed by atoms with Crippen molar-refractivity contribution in [1.29, 1.82) is 0 Å². The lowest BCUT2D eigenvalue weighted by Crippen LogP contribution is -2.10. The molecule has 140 valence electrons. The minimum absolute atomic E-state index is 0.0280. The molecule has 0 fully saturated rings. The van der Waals surface area contributed by atoms with Gasteiger partial charge in [-0.2, -0.15) is 8.96 Å². The van der Waals surface area contributed by atoms with Crippen LogP contribution in [0.25, 0.3) is 0 Å². The SMILES string of the molecule is O=P(Oc1ccccc1)(Oc1ccccc1)Oc1cc(F)c(F)c(F)c1F. The minimum Gasteiger partial charge on any atom is -0.386 e. The number of para-hydroxylation sites is 2. The average Bonchev–Trinajstić information content (AvgIpc) is 2.66. The second-order valence-electron chi connectivity index (χ2n) is 5.15. The van der Waals surface area contributed by atoms with Crippen LogP contribution >= 0.6 is 7.82 Å². The van der Waals surface area contributed by atoms with Gasteiger partial charge in [-0.05, 0) is 24.3 Å². The third-order valence-corrected chi connectivity index (χ3v) is 4.49. The smallest absolute Gasteiger partial charge is 0.386 e. The van der Waals surface area contributed by atoms with E-state index in [9.17, 15) is 22.1 Å². The Kier molecular flexibility index (Phi) is 5.37. The Morgan fingerprint density at radius 1 is 0.630 bits per heavy atom. The highest BCUT2D eigenvalue weighted by atomic mass is 31.2. The predicted molar refractivity (Wildman–Crippen MR) is 88.6 cm³/mol. The summed E-state index contributed by atoms with van der Waals surface area (Å²) in [5.74, 6) is -8.85. The van der Waals surface area contributed by atoms with Crippen molar-refractivity contribution in [3.63, 3.8) is 0 Å². The molecule has 0 unspecified atom stereocenters. The Morgan fingerprint density at radius 3 is 1.59 bits per heavy atom. The monoisotopic (exact) mass is 398 g/mol. The highest BCUT2D eigenvalue weighted by Crippen LogP contribution is 2.50. The first-order valence-electron chi connectivity index (χ1n) is 7.50. The van der Waals surface area contributed by atoms with Gasteiger partial charge in [-0.1, -0.05) is 36.4 Å². The molecule has 0 heterocycles. The van der Waals surface area contributed by atoms with Gasteiger partial charge in [0.15, 0.2) is 17.4 Å². The summed E-state index contributed by atoms with van der Waals surface area (Å²) in [5.41, 5.74) is 0. The van der Waals surface area contributed by atoms with Crippen LogP contribution in [0.1, 0.15) is 0 Å². The Labute approximate surface area is 151 Å². The van der Waals surface area contributed by atoms with Gasteiger partial charge >= 0.3 is 7.82 Å². The van der Waals surface area contributed by atoms with Gasteiger partial charge in [0.2, 0.25) is 11.6 Å². The second kappa shape index (κ2) is 7.72. The first-order valence-corrected chi connectivity index (χ1v) is 8.96. The Hall–Kier alpha value is -2.99. The van der Waals surface area contributed by atoms with E-state index in [0.29, 0.717) is 0 Å². The predicted octanol–water partition coefficient (Wildman–Crippen LogP) is 5.89. The van der Waals surface area contributed by atoms with Crippen molar-refractivity contribution in [2.45, 2.75) is 0 Å². The summed E-state index contributed by atoms with van der Waals surface area (Å²) >= 11 is 0. The van der Waals surface area contributed by atoms with Gasteiger partial charge in [0.1, 0.15) is 11.5 Å². The number of phosphoric ester groups is 1. The van der Waals surface area contributed by atoms with Crippen molar-refractivity contribution in [1.82, 2.24) is 0 Å². The van der Waals surface area contributed by atoms with Crippen LogP contribution in [0.15, 0.2) is 66.7 Å². The van der Waals surface area contributed by atoms with Crippen molar-refractivity contribution in [2.24, 2.45) is 0 Å². The summed E-state index contributed by atoms with van der Waals surface area (Å²) in [6, 6.07) is 15.4. The molecule has 0 radical (unpaired) electrons. The van der Waals surface area contributed by atoms with Gasteiger partial charge in [0.25, 0.3) is 0 Å². The van der Waals surface area contributed by atoms with Crippen LogP contribution in [0.2, 0.25) is 0 Å². The normalized spacial score (nSPS) is 11.1. The number of hydrogen-bond acceptors (Lipinski definition) is 4. The summed E-state index contributed by atoms with van der Waals surface area (Å²) in [5, 5.41) is 0. The third kappa shape index (κ3) is 4.41. The fraction of sp³-hybridized carbons (Fsp3) is 0. The highest BCUT2D eigenvalue weighted by molar-refractivity contribution is 7.49. The van der Waals surface area contributed by atoms with E-state index in [0.717, 1.165) is 0 Å². The molecule has 0 aromatic heterocycles. The molecule has 0 atom stereocenters. The molecule has 0 aliphatic rings. The molecule has 27 heavy (non-hydrogen) atoms. The average molecular weight is 398 g/mol. The van der Waals surface area contributed by atoms with Crippen molar-refractivity contribution < 1.29 is 35.7 Å². The summed E-state index contributed by atoms with van der Waals surface area (Å²) in [6.45, 7) is 0. The van der Waals surface area contributed by atoms with E-state index in [1.165, 1.54) is 24.3 Å². The summed E-state index contributed by atoms with van der Waals surface area (Å²) in [4.78, 5) is 0. The Bertz CT molecular complexity index is 938. The molecular formula is C18H11F4O4P. The van der Waals surface area contributed by atoms with E-state index in [-0.39, 0.29) is 17.6 Å². The van der Waals surface area contributed by atoms with Crippen molar-refractivity contribution in [3.8, 4) is 17.2 Å². The van der Waals surface area contributed by atoms with Gasteiger partial charge in [-0.25, -0.2) is 13.2 Å². The van der Waals surface area contributed by atoms with Gasteiger partial charge in [0.05, 0.1) is 0 Å². The number of phosphoric acid groups is 1. The van der Waals surface area contributed by atoms with E-state index in [4.69, 9.17) is 13.6 Å². The third-order valence-electron chi connectivity index (χ3n) is 3.20. The van der Waals surface area contributed by atoms with Crippen molar-refractivity contribution in [3.05, 3.63) is 90.0 Å². The summed E-state index contributed by atoms with van der Waals surface area (Å²) in [7, 11) is -4.66. The molecule has 0 amide bonds. The van der Waals surface area contributed by atoms with E-state index >= 15 is 0 Å². The van der Waals surface area contributed by atoms with E-state index < -0.39 is 36.8 Å². The maximum Gasteiger partial charge on any atom is 0.647 e. The van der Waals surface area contributed by atoms with Crippen molar-refractivity contribution in [2.75, 3.05) is 0 Å². The van der Waals surface area contributed by atoms with Gasteiger partial charge < -0.3 is 13.6 Å². The van der Waals surface area contributed by atoms with E-state index in [1.54, 1.807) is 36.4 Å². The Balaban J connectivity index is 1.98. The topological polar surface area (TPSA) is 44.8 Å². The van der Waals surface area contributed by atoms with Gasteiger partial charge in [0, 0.05) is 6.07 Å². The Morgan fingerprint density at radius 2 is 1.11 bits per heavy atom. The quantitative estimate of drug-likeness (QED) is 0.225. The van der Waals surface area contributed by atoms with Crippen LogP contribution in [0, 0.1) is 23.3 Å². The molecule has 3 aromatic rings. The fourth-order valence-corrected chi connectivity index (χ4v) is 3.26. The number of hydrogen-bond donors (Lipinski definition) is 0. The number of benzene rings is 3. The van der Waals surface area contributed by atoms with Crippen LogP contribution in [-0.4, -0.2) is 0 Å². The first-order chi connectivity index (χ1) is 12.9. The van der Waals surface area contributed by atoms with Gasteiger partial charge in [-0.3, -0.25) is 0 Å². The zero-order valence-electron chi connectivity index (χ0n) is 13.4. The van der Waals surface area contributed by atoms with E-state index in [1.807, 2.05) is 0 Å². The lowest BCUT2D eigenvalue weighted by Gasteiger charge is -2.19. The van der Waals surface area contributed by atoms with Crippen LogP contribution < -0.4 is 13.6 Å². The summed E-state index contributed by atoms with van der Waals surface area (Å²) in [6.07, 6.45) is 0. The van der Waals surface area contributed by atoms with Crippen LogP contribution in [0.4, 0.5) is 17.6 Å². The fourth-order valence-electron chi connectivity index (χ4n) is 2.01. The molecule has 4 nitrogen and oxygen atoms in total. The molecule has 0 saturated heterocycles. The second-order valence-corrected chi connectivity index (χ2v) is 6.59. The zero-order valence-corrected chi connectivity index (χ0v) is 14.3. The zero-order chi connectivity index (χ0) is 19.4. The molecule has 0 spiro atoms. The highest BCUT2D eigenvalue weighted by Gasteiger charge is 2.35. The molecule has 0 saturated carbocycles. The van der Waals surface area contributed by atoms with Crippen LogP contribution in [0.3, 0.4) is 0 Å². The first kappa shape index (κ1) is 18.8. The molecule has 9 heteroatoms. The van der Waals surface area contributed by atoms with Crippen LogP contribution in [0.5, 0.6) is 17.2 Å². The molecule has 0 bridgehead atoms. The lowest BCUT2D eigenvalue weighted by molar-refractivity contribution is 0.287. The molecule has 0 aliphatic carbocycles. The van der Waals surface area contributed by atoms with Crippen LogP contribution in [-0.2, 0) is 4.57 Å². The molecule has 0 aliphatic heterocycles.